The highest BCUT2D eigenvalue weighted by Gasteiger charge is 2.07. The molecule has 0 fully saturated rings. The number of aliphatic hydroxyl groups excluding tert-OH is 1. The molecule has 2 nitrogen and oxygen atoms in total. The van der Waals surface area contributed by atoms with Gasteiger partial charge in [0.05, 0.1) is 6.10 Å². The smallest absolute Gasteiger partial charge is 0.0914 e. The Balaban J connectivity index is 1.60. The third-order valence-corrected chi connectivity index (χ3v) is 4.41. The lowest BCUT2D eigenvalue weighted by atomic mass is 10.1. The summed E-state index contributed by atoms with van der Waals surface area (Å²) in [6.45, 7) is 1.35. The second kappa shape index (κ2) is 6.18. The molecule has 1 atom stereocenters. The number of hydrogen-bond acceptors (Lipinski definition) is 3. The van der Waals surface area contributed by atoms with Crippen LogP contribution in [-0.2, 0) is 6.54 Å². The van der Waals surface area contributed by atoms with Gasteiger partial charge in [-0.15, -0.1) is 11.3 Å². The fraction of sp³-hybridized carbons (Fsp3) is 0.176. The molecule has 0 radical (unpaired) electrons. The van der Waals surface area contributed by atoms with E-state index in [-0.39, 0.29) is 0 Å². The molecule has 0 bridgehead atoms. The summed E-state index contributed by atoms with van der Waals surface area (Å²) in [4.78, 5) is 0. The van der Waals surface area contributed by atoms with Gasteiger partial charge in [0.1, 0.15) is 0 Å². The van der Waals surface area contributed by atoms with Crippen molar-refractivity contribution >= 4 is 21.4 Å². The summed E-state index contributed by atoms with van der Waals surface area (Å²) in [7, 11) is 0. The topological polar surface area (TPSA) is 32.3 Å². The first kappa shape index (κ1) is 13.3. The van der Waals surface area contributed by atoms with Gasteiger partial charge >= 0.3 is 0 Å². The Morgan fingerprint density at radius 3 is 2.60 bits per heavy atom. The molecule has 0 amide bonds. The maximum Gasteiger partial charge on any atom is 0.0914 e. The van der Waals surface area contributed by atoms with Crippen LogP contribution in [0.25, 0.3) is 10.1 Å². The van der Waals surface area contributed by atoms with Crippen molar-refractivity contribution in [2.24, 2.45) is 0 Å². The zero-order chi connectivity index (χ0) is 13.8. The molecule has 0 aliphatic carbocycles. The molecule has 0 aliphatic rings. The first-order valence-corrected chi connectivity index (χ1v) is 7.61. The van der Waals surface area contributed by atoms with E-state index in [1.165, 1.54) is 15.6 Å². The highest BCUT2D eigenvalue weighted by molar-refractivity contribution is 7.17. The maximum absolute atomic E-state index is 10.1. The zero-order valence-electron chi connectivity index (χ0n) is 11.1. The molecule has 0 saturated heterocycles. The summed E-state index contributed by atoms with van der Waals surface area (Å²) in [5.41, 5.74) is 2.25. The van der Waals surface area contributed by atoms with E-state index in [2.05, 4.69) is 35.0 Å². The minimum Gasteiger partial charge on any atom is -0.387 e. The van der Waals surface area contributed by atoms with E-state index < -0.39 is 6.10 Å². The van der Waals surface area contributed by atoms with Crippen molar-refractivity contribution in [3.63, 3.8) is 0 Å². The maximum atomic E-state index is 10.1. The molecule has 0 spiro atoms. The normalized spacial score (nSPS) is 12.7. The summed E-state index contributed by atoms with van der Waals surface area (Å²) in [5.74, 6) is 0. The van der Waals surface area contributed by atoms with E-state index >= 15 is 0 Å². The van der Waals surface area contributed by atoms with E-state index in [1.807, 2.05) is 30.3 Å². The Labute approximate surface area is 122 Å². The Hall–Kier alpha value is -1.68. The summed E-state index contributed by atoms with van der Waals surface area (Å²) in [5, 5.41) is 16.9. The van der Waals surface area contributed by atoms with E-state index in [0.29, 0.717) is 6.54 Å². The second-order valence-electron chi connectivity index (χ2n) is 4.81. The standard InChI is InChI=1S/C17H17NOS/c19-16(13-6-2-1-3-7-13)11-18-10-14-12-20-17-9-5-4-8-15(14)17/h1-9,12,16,18-19H,10-11H2. The Morgan fingerprint density at radius 2 is 1.75 bits per heavy atom. The number of aliphatic hydroxyl groups is 1. The van der Waals surface area contributed by atoms with Crippen LogP contribution in [0.1, 0.15) is 17.2 Å². The molecular weight excluding hydrogens is 266 g/mol. The van der Waals surface area contributed by atoms with Gasteiger partial charge < -0.3 is 10.4 Å². The molecule has 1 heterocycles. The zero-order valence-corrected chi connectivity index (χ0v) is 11.9. The first-order valence-electron chi connectivity index (χ1n) is 6.73. The van der Waals surface area contributed by atoms with Gasteiger partial charge in [0.25, 0.3) is 0 Å². The third kappa shape index (κ3) is 2.90. The molecule has 102 valence electrons. The fourth-order valence-electron chi connectivity index (χ4n) is 2.31. The molecule has 1 unspecified atom stereocenters. The van der Waals surface area contributed by atoms with E-state index in [4.69, 9.17) is 0 Å². The van der Waals surface area contributed by atoms with Gasteiger partial charge in [-0.25, -0.2) is 0 Å². The molecular formula is C17H17NOS. The van der Waals surface area contributed by atoms with E-state index in [0.717, 1.165) is 12.1 Å². The fourth-order valence-corrected chi connectivity index (χ4v) is 3.27. The number of benzene rings is 2. The number of hydrogen-bond donors (Lipinski definition) is 2. The molecule has 20 heavy (non-hydrogen) atoms. The first-order chi connectivity index (χ1) is 9.84. The lowest BCUT2D eigenvalue weighted by Crippen LogP contribution is -2.20. The minimum absolute atomic E-state index is 0.457. The van der Waals surface area contributed by atoms with Gasteiger partial charge in [-0.3, -0.25) is 0 Å². The van der Waals surface area contributed by atoms with E-state index in [9.17, 15) is 5.11 Å². The third-order valence-electron chi connectivity index (χ3n) is 3.40. The molecule has 3 aromatic rings. The van der Waals surface area contributed by atoms with Crippen molar-refractivity contribution in [2.75, 3.05) is 6.54 Å². The summed E-state index contributed by atoms with van der Waals surface area (Å²) < 4.78 is 1.31. The SMILES string of the molecule is OC(CNCc1csc2ccccc12)c1ccccc1. The predicted octanol–water partition coefficient (Wildman–Crippen LogP) is 3.72. The lowest BCUT2D eigenvalue weighted by molar-refractivity contribution is 0.174. The Bertz CT molecular complexity index is 678. The molecule has 3 heteroatoms. The van der Waals surface area contributed by atoms with Crippen molar-refractivity contribution in [2.45, 2.75) is 12.6 Å². The van der Waals surface area contributed by atoms with Crippen LogP contribution in [0.15, 0.2) is 60.0 Å². The van der Waals surface area contributed by atoms with Gasteiger partial charge in [0.2, 0.25) is 0 Å². The monoisotopic (exact) mass is 283 g/mol. The van der Waals surface area contributed by atoms with Crippen LogP contribution in [0, 0.1) is 0 Å². The van der Waals surface area contributed by atoms with Crippen LogP contribution >= 0.6 is 11.3 Å². The largest absolute Gasteiger partial charge is 0.387 e. The van der Waals surface area contributed by atoms with Crippen LogP contribution in [0.2, 0.25) is 0 Å². The van der Waals surface area contributed by atoms with Gasteiger partial charge in [-0.05, 0) is 28.0 Å². The van der Waals surface area contributed by atoms with Crippen LogP contribution in [-0.4, -0.2) is 11.7 Å². The number of rotatable bonds is 5. The van der Waals surface area contributed by atoms with Crippen molar-refractivity contribution in [3.8, 4) is 0 Å². The second-order valence-corrected chi connectivity index (χ2v) is 5.73. The predicted molar refractivity (Wildman–Crippen MR) is 84.9 cm³/mol. The van der Waals surface area contributed by atoms with Crippen LogP contribution in [0.4, 0.5) is 0 Å². The van der Waals surface area contributed by atoms with Crippen LogP contribution in [0.5, 0.6) is 0 Å². The van der Waals surface area contributed by atoms with Gasteiger partial charge in [-0.1, -0.05) is 48.5 Å². The van der Waals surface area contributed by atoms with Crippen LogP contribution < -0.4 is 5.32 Å². The highest BCUT2D eigenvalue weighted by atomic mass is 32.1. The van der Waals surface area contributed by atoms with Crippen molar-refractivity contribution < 1.29 is 5.11 Å². The number of nitrogens with one attached hydrogen (secondary N) is 1. The average molecular weight is 283 g/mol. The molecule has 3 rings (SSSR count). The Kier molecular flexibility index (Phi) is 4.11. The van der Waals surface area contributed by atoms with Crippen LogP contribution in [0.3, 0.4) is 0 Å². The summed E-state index contributed by atoms with van der Waals surface area (Å²) in [6, 6.07) is 18.2. The van der Waals surface area contributed by atoms with E-state index in [1.54, 1.807) is 11.3 Å². The molecule has 0 saturated carbocycles. The van der Waals surface area contributed by atoms with Crippen molar-refractivity contribution in [1.29, 1.82) is 0 Å². The minimum atomic E-state index is -0.457. The lowest BCUT2D eigenvalue weighted by Gasteiger charge is -2.11. The number of thiophene rings is 1. The highest BCUT2D eigenvalue weighted by Crippen LogP contribution is 2.25. The van der Waals surface area contributed by atoms with Gasteiger partial charge in [0.15, 0.2) is 0 Å². The quantitative estimate of drug-likeness (QED) is 0.748. The summed E-state index contributed by atoms with van der Waals surface area (Å²) >= 11 is 1.77. The molecule has 0 aliphatic heterocycles. The Morgan fingerprint density at radius 1 is 1.00 bits per heavy atom. The number of fused-ring (bicyclic) bond motifs is 1. The van der Waals surface area contributed by atoms with Gasteiger partial charge in [0, 0.05) is 17.8 Å². The molecule has 1 aromatic heterocycles. The van der Waals surface area contributed by atoms with Crippen molar-refractivity contribution in [1.82, 2.24) is 5.32 Å². The van der Waals surface area contributed by atoms with Gasteiger partial charge in [-0.2, -0.15) is 0 Å². The molecule has 2 aromatic carbocycles. The summed E-state index contributed by atoms with van der Waals surface area (Å²) in [6.07, 6.45) is -0.457. The molecule has 2 N–H and O–H groups in total. The average Bonchev–Trinajstić information content (AvgIpc) is 2.92. The van der Waals surface area contributed by atoms with Crippen molar-refractivity contribution in [3.05, 3.63) is 71.1 Å².